The number of para-hydroxylation sites is 2. The van der Waals surface area contributed by atoms with E-state index in [-0.39, 0.29) is 5.91 Å². The fourth-order valence-electron chi connectivity index (χ4n) is 3.01. The fraction of sp³-hybridized carbons (Fsp3) is 0.160. The summed E-state index contributed by atoms with van der Waals surface area (Å²) in [6, 6.07) is 18.5. The van der Waals surface area contributed by atoms with E-state index in [2.05, 4.69) is 5.32 Å². The number of anilines is 1. The van der Waals surface area contributed by atoms with Gasteiger partial charge in [0.2, 0.25) is 11.7 Å². The summed E-state index contributed by atoms with van der Waals surface area (Å²) in [5.74, 6) is 2.48. The first-order valence-electron chi connectivity index (χ1n) is 9.66. The lowest BCUT2D eigenvalue weighted by molar-refractivity contribution is -0.111. The highest BCUT2D eigenvalue weighted by atomic mass is 16.5. The summed E-state index contributed by atoms with van der Waals surface area (Å²) in [5, 5.41) is 2.86. The number of carbonyl (C=O) groups is 1. The van der Waals surface area contributed by atoms with Crippen molar-refractivity contribution in [3.8, 4) is 28.7 Å². The molecule has 6 heteroatoms. The van der Waals surface area contributed by atoms with Gasteiger partial charge in [-0.2, -0.15) is 0 Å². The molecule has 0 aromatic heterocycles. The number of amides is 1. The molecule has 0 heterocycles. The number of aryl methyl sites for hydroxylation is 1. The minimum atomic E-state index is -0.297. The molecule has 0 aliphatic heterocycles. The molecule has 1 amide bonds. The molecule has 0 aliphatic rings. The average molecular weight is 419 g/mol. The first-order valence-corrected chi connectivity index (χ1v) is 9.66. The highest BCUT2D eigenvalue weighted by Crippen LogP contribution is 2.38. The number of nitrogens with one attached hydrogen (secondary N) is 1. The maximum absolute atomic E-state index is 12.5. The molecule has 0 saturated heterocycles. The van der Waals surface area contributed by atoms with Crippen LogP contribution < -0.4 is 24.3 Å². The molecule has 0 radical (unpaired) electrons. The van der Waals surface area contributed by atoms with Crippen molar-refractivity contribution in [1.29, 1.82) is 0 Å². The maximum atomic E-state index is 12.5. The van der Waals surface area contributed by atoms with E-state index >= 15 is 0 Å². The van der Waals surface area contributed by atoms with E-state index < -0.39 is 0 Å². The summed E-state index contributed by atoms with van der Waals surface area (Å²) >= 11 is 0. The van der Waals surface area contributed by atoms with Crippen LogP contribution in [0, 0.1) is 6.92 Å². The molecule has 3 aromatic rings. The highest BCUT2D eigenvalue weighted by Gasteiger charge is 2.12. The Morgan fingerprint density at radius 3 is 2.19 bits per heavy atom. The van der Waals surface area contributed by atoms with Gasteiger partial charge < -0.3 is 24.3 Å². The number of benzene rings is 3. The van der Waals surface area contributed by atoms with E-state index in [9.17, 15) is 4.79 Å². The minimum Gasteiger partial charge on any atom is -0.493 e. The van der Waals surface area contributed by atoms with Crippen molar-refractivity contribution in [2.45, 2.75) is 6.92 Å². The van der Waals surface area contributed by atoms with Crippen LogP contribution in [0.15, 0.2) is 66.7 Å². The molecule has 160 valence electrons. The van der Waals surface area contributed by atoms with Crippen LogP contribution in [0.25, 0.3) is 6.08 Å². The van der Waals surface area contributed by atoms with Gasteiger partial charge in [-0.05, 0) is 60.5 Å². The van der Waals surface area contributed by atoms with Gasteiger partial charge in [0, 0.05) is 6.08 Å². The summed E-state index contributed by atoms with van der Waals surface area (Å²) in [7, 11) is 4.63. The fourth-order valence-corrected chi connectivity index (χ4v) is 3.01. The van der Waals surface area contributed by atoms with E-state index in [0.717, 1.165) is 11.1 Å². The largest absolute Gasteiger partial charge is 0.493 e. The average Bonchev–Trinajstić information content (AvgIpc) is 2.78. The van der Waals surface area contributed by atoms with Crippen LogP contribution >= 0.6 is 0 Å². The Labute approximate surface area is 182 Å². The Hall–Kier alpha value is -3.93. The molecule has 3 aromatic carbocycles. The van der Waals surface area contributed by atoms with Gasteiger partial charge in [0.05, 0.1) is 27.0 Å². The Bertz CT molecular complexity index is 1070. The zero-order chi connectivity index (χ0) is 22.2. The summed E-state index contributed by atoms with van der Waals surface area (Å²) in [5.41, 5.74) is 2.39. The standard InChI is InChI=1S/C25H25NO5/c1-17-8-7-9-19(14-17)31-21-11-6-5-10-20(21)26-24(27)13-12-18-15-22(28-2)25(30-4)23(16-18)29-3/h5-16H,1-4H3,(H,26,27)/b13-12+. The van der Waals surface area contributed by atoms with Crippen LogP contribution in [-0.2, 0) is 4.79 Å². The predicted molar refractivity (Wildman–Crippen MR) is 121 cm³/mol. The maximum Gasteiger partial charge on any atom is 0.248 e. The topological polar surface area (TPSA) is 66.0 Å². The second-order valence-corrected chi connectivity index (χ2v) is 6.70. The summed E-state index contributed by atoms with van der Waals surface area (Å²) < 4.78 is 22.0. The normalized spacial score (nSPS) is 10.6. The second-order valence-electron chi connectivity index (χ2n) is 6.70. The lowest BCUT2D eigenvalue weighted by atomic mass is 10.1. The van der Waals surface area contributed by atoms with Crippen molar-refractivity contribution in [2.24, 2.45) is 0 Å². The van der Waals surface area contributed by atoms with E-state index in [1.165, 1.54) is 6.08 Å². The lowest BCUT2D eigenvalue weighted by Crippen LogP contribution is -2.08. The van der Waals surface area contributed by atoms with Gasteiger partial charge in [0.1, 0.15) is 5.75 Å². The Morgan fingerprint density at radius 2 is 1.55 bits per heavy atom. The van der Waals surface area contributed by atoms with Crippen LogP contribution in [0.5, 0.6) is 28.7 Å². The molecule has 0 bridgehead atoms. The smallest absolute Gasteiger partial charge is 0.248 e. The number of hydrogen-bond donors (Lipinski definition) is 1. The second kappa shape index (κ2) is 10.2. The summed E-state index contributed by atoms with van der Waals surface area (Å²) in [4.78, 5) is 12.5. The molecule has 6 nitrogen and oxygen atoms in total. The Balaban J connectivity index is 1.76. The first kappa shape index (κ1) is 21.8. The molecule has 1 N–H and O–H groups in total. The SMILES string of the molecule is COc1cc(/C=C/C(=O)Nc2ccccc2Oc2cccc(C)c2)cc(OC)c1OC. The van der Waals surface area contributed by atoms with E-state index in [4.69, 9.17) is 18.9 Å². The third-order valence-corrected chi connectivity index (χ3v) is 4.48. The van der Waals surface area contributed by atoms with Gasteiger partial charge in [0.25, 0.3) is 0 Å². The predicted octanol–water partition coefficient (Wildman–Crippen LogP) is 5.47. The van der Waals surface area contributed by atoms with Gasteiger partial charge in [-0.3, -0.25) is 4.79 Å². The van der Waals surface area contributed by atoms with Crippen molar-refractivity contribution in [3.63, 3.8) is 0 Å². The molecule has 0 unspecified atom stereocenters. The van der Waals surface area contributed by atoms with Crippen molar-refractivity contribution in [2.75, 3.05) is 26.6 Å². The molecular weight excluding hydrogens is 394 g/mol. The zero-order valence-corrected chi connectivity index (χ0v) is 18.0. The van der Waals surface area contributed by atoms with Crippen LogP contribution in [0.2, 0.25) is 0 Å². The van der Waals surface area contributed by atoms with Gasteiger partial charge in [-0.15, -0.1) is 0 Å². The third kappa shape index (κ3) is 5.57. The van der Waals surface area contributed by atoms with E-state index in [0.29, 0.717) is 34.4 Å². The Morgan fingerprint density at radius 1 is 0.839 bits per heavy atom. The van der Waals surface area contributed by atoms with Gasteiger partial charge in [-0.25, -0.2) is 0 Å². The van der Waals surface area contributed by atoms with Crippen molar-refractivity contribution in [1.82, 2.24) is 0 Å². The number of methoxy groups -OCH3 is 3. The third-order valence-electron chi connectivity index (χ3n) is 4.48. The lowest BCUT2D eigenvalue weighted by Gasteiger charge is -2.13. The molecule has 0 atom stereocenters. The van der Waals surface area contributed by atoms with Crippen molar-refractivity contribution < 1.29 is 23.7 Å². The molecule has 0 spiro atoms. The van der Waals surface area contributed by atoms with Crippen molar-refractivity contribution in [3.05, 3.63) is 77.9 Å². The van der Waals surface area contributed by atoms with Gasteiger partial charge >= 0.3 is 0 Å². The monoisotopic (exact) mass is 419 g/mol. The number of rotatable bonds is 8. The molecular formula is C25H25NO5. The van der Waals surface area contributed by atoms with E-state index in [1.54, 1.807) is 51.7 Å². The quantitative estimate of drug-likeness (QED) is 0.491. The summed E-state index contributed by atoms with van der Waals surface area (Å²) in [6.07, 6.45) is 3.11. The van der Waals surface area contributed by atoms with Crippen molar-refractivity contribution >= 4 is 17.7 Å². The molecule has 0 aliphatic carbocycles. The van der Waals surface area contributed by atoms with Crippen LogP contribution in [-0.4, -0.2) is 27.2 Å². The minimum absolute atomic E-state index is 0.297. The Kier molecular flexibility index (Phi) is 7.17. The number of carbonyl (C=O) groups excluding carboxylic acids is 1. The van der Waals surface area contributed by atoms with Gasteiger partial charge in [-0.1, -0.05) is 24.3 Å². The van der Waals surface area contributed by atoms with Gasteiger partial charge in [0.15, 0.2) is 17.2 Å². The van der Waals surface area contributed by atoms with Crippen LogP contribution in [0.1, 0.15) is 11.1 Å². The zero-order valence-electron chi connectivity index (χ0n) is 18.0. The molecule has 0 fully saturated rings. The highest BCUT2D eigenvalue weighted by molar-refractivity contribution is 6.02. The van der Waals surface area contributed by atoms with Crippen LogP contribution in [0.4, 0.5) is 5.69 Å². The molecule has 0 saturated carbocycles. The number of ether oxygens (including phenoxy) is 4. The molecule has 3 rings (SSSR count). The van der Waals surface area contributed by atoms with Crippen LogP contribution in [0.3, 0.4) is 0 Å². The molecule has 31 heavy (non-hydrogen) atoms. The van der Waals surface area contributed by atoms with E-state index in [1.807, 2.05) is 43.3 Å². The first-order chi connectivity index (χ1) is 15.0. The summed E-state index contributed by atoms with van der Waals surface area (Å²) in [6.45, 7) is 1.99. The number of hydrogen-bond acceptors (Lipinski definition) is 5.